The van der Waals surface area contributed by atoms with E-state index in [1.165, 1.54) is 12.1 Å². The Hall–Kier alpha value is -3.37. The Balaban J connectivity index is 1.57. The number of unbranched alkanes of at least 4 members (excludes halogenated alkanes) is 1. The maximum atomic E-state index is 12.5. The first-order chi connectivity index (χ1) is 14.9. The predicted molar refractivity (Wildman–Crippen MR) is 119 cm³/mol. The number of hydrogen-bond acceptors (Lipinski definition) is 4. The van der Waals surface area contributed by atoms with Gasteiger partial charge in [0.05, 0.1) is 16.5 Å². The minimum absolute atomic E-state index is 0.0172. The largest absolute Gasteiger partial charge is 0.342 e. The van der Waals surface area contributed by atoms with Gasteiger partial charge in [0.2, 0.25) is 11.8 Å². The Morgan fingerprint density at radius 1 is 1.16 bits per heavy atom. The van der Waals surface area contributed by atoms with Gasteiger partial charge in [-0.2, -0.15) is 5.26 Å². The molecule has 1 fully saturated rings. The van der Waals surface area contributed by atoms with Crippen LogP contribution in [0.4, 0.5) is 11.4 Å². The van der Waals surface area contributed by atoms with Crippen LogP contribution < -0.4 is 10.6 Å². The molecule has 0 radical (unpaired) electrons. The molecule has 1 aliphatic heterocycles. The fourth-order valence-electron chi connectivity index (χ4n) is 3.35. The summed E-state index contributed by atoms with van der Waals surface area (Å²) in [6.45, 7) is 3.19. The van der Waals surface area contributed by atoms with E-state index in [0.29, 0.717) is 35.6 Å². The number of nitrogens with zero attached hydrogens (tertiary/aromatic N) is 2. The highest BCUT2D eigenvalue weighted by Crippen LogP contribution is 2.22. The van der Waals surface area contributed by atoms with Gasteiger partial charge in [-0.1, -0.05) is 24.9 Å². The summed E-state index contributed by atoms with van der Waals surface area (Å²) in [5.41, 5.74) is 1.77. The Kier molecular flexibility index (Phi) is 7.27. The minimum atomic E-state index is -0.367. The minimum Gasteiger partial charge on any atom is -0.342 e. The van der Waals surface area contributed by atoms with Crippen LogP contribution in [0.1, 0.15) is 42.1 Å². The van der Waals surface area contributed by atoms with E-state index < -0.39 is 0 Å². The molecule has 1 atom stereocenters. The molecule has 1 saturated heterocycles. The molecule has 0 spiro atoms. The quantitative estimate of drug-likeness (QED) is 0.680. The van der Waals surface area contributed by atoms with Crippen LogP contribution in [-0.4, -0.2) is 35.7 Å². The second-order valence-corrected chi connectivity index (χ2v) is 7.83. The van der Waals surface area contributed by atoms with Gasteiger partial charge in [0.1, 0.15) is 6.07 Å². The van der Waals surface area contributed by atoms with Crippen LogP contribution in [0.3, 0.4) is 0 Å². The van der Waals surface area contributed by atoms with Gasteiger partial charge in [0, 0.05) is 36.4 Å². The van der Waals surface area contributed by atoms with Crippen LogP contribution >= 0.6 is 11.6 Å². The average Bonchev–Trinajstić information content (AvgIpc) is 3.13. The molecule has 3 amide bonds. The van der Waals surface area contributed by atoms with E-state index in [9.17, 15) is 14.4 Å². The van der Waals surface area contributed by atoms with E-state index >= 15 is 0 Å². The first-order valence-electron chi connectivity index (χ1n) is 10.1. The summed E-state index contributed by atoms with van der Waals surface area (Å²) in [4.78, 5) is 38.7. The summed E-state index contributed by atoms with van der Waals surface area (Å²) < 4.78 is 0. The standard InChI is InChI=1S/C23H23ClN4O3/c1-2-3-10-28-14-17(11-21(28)29)23(31)26-18-7-4-15(5-8-18)22(30)27-19-9-6-16(13-25)20(24)12-19/h4-9,12,17H,2-3,10-11,14H2,1H3,(H,26,31)(H,27,30). The van der Waals surface area contributed by atoms with Crippen molar-refractivity contribution in [3.8, 4) is 6.07 Å². The van der Waals surface area contributed by atoms with Gasteiger partial charge in [0.25, 0.3) is 5.91 Å². The number of anilines is 2. The van der Waals surface area contributed by atoms with E-state index in [2.05, 4.69) is 17.6 Å². The monoisotopic (exact) mass is 438 g/mol. The van der Waals surface area contributed by atoms with Crippen molar-refractivity contribution in [3.05, 3.63) is 58.6 Å². The van der Waals surface area contributed by atoms with Crippen LogP contribution in [0.25, 0.3) is 0 Å². The zero-order valence-electron chi connectivity index (χ0n) is 17.2. The molecule has 1 unspecified atom stereocenters. The molecule has 0 aromatic heterocycles. The van der Waals surface area contributed by atoms with Crippen molar-refractivity contribution in [2.45, 2.75) is 26.2 Å². The fourth-order valence-corrected chi connectivity index (χ4v) is 3.57. The molecule has 1 aliphatic rings. The third kappa shape index (κ3) is 5.62. The number of nitrogens with one attached hydrogen (secondary N) is 2. The molecule has 0 aliphatic carbocycles. The first kappa shape index (κ1) is 22.3. The maximum Gasteiger partial charge on any atom is 0.255 e. The summed E-state index contributed by atoms with van der Waals surface area (Å²) >= 11 is 5.99. The Morgan fingerprint density at radius 3 is 2.52 bits per heavy atom. The number of hydrogen-bond donors (Lipinski definition) is 2. The van der Waals surface area contributed by atoms with E-state index in [0.717, 1.165) is 12.8 Å². The highest BCUT2D eigenvalue weighted by atomic mass is 35.5. The number of rotatable bonds is 7. The third-order valence-electron chi connectivity index (χ3n) is 5.13. The molecule has 160 valence electrons. The average molecular weight is 439 g/mol. The van der Waals surface area contributed by atoms with E-state index in [-0.39, 0.29) is 35.1 Å². The summed E-state index contributed by atoms with van der Waals surface area (Å²) in [6, 6.07) is 13.1. The number of likely N-dealkylation sites (tertiary alicyclic amines) is 1. The lowest BCUT2D eigenvalue weighted by atomic mass is 10.1. The second kappa shape index (κ2) is 10.1. The summed E-state index contributed by atoms with van der Waals surface area (Å²) in [6.07, 6.45) is 2.15. The van der Waals surface area contributed by atoms with Gasteiger partial charge >= 0.3 is 0 Å². The van der Waals surface area contributed by atoms with Gasteiger partial charge in [-0.3, -0.25) is 14.4 Å². The van der Waals surface area contributed by atoms with Crippen LogP contribution in [0.2, 0.25) is 5.02 Å². The SMILES string of the molecule is CCCCN1CC(C(=O)Nc2ccc(C(=O)Nc3ccc(C#N)c(Cl)c3)cc2)CC1=O. The normalized spacial score (nSPS) is 15.5. The number of amides is 3. The maximum absolute atomic E-state index is 12.5. The molecule has 7 nitrogen and oxygen atoms in total. The van der Waals surface area contributed by atoms with Crippen LogP contribution in [0, 0.1) is 17.2 Å². The molecule has 2 aromatic carbocycles. The number of carbonyl (C=O) groups is 3. The summed E-state index contributed by atoms with van der Waals surface area (Å²) in [7, 11) is 0. The van der Waals surface area contributed by atoms with Crippen molar-refractivity contribution < 1.29 is 14.4 Å². The number of benzene rings is 2. The van der Waals surface area contributed by atoms with Crippen LogP contribution in [-0.2, 0) is 9.59 Å². The topological polar surface area (TPSA) is 102 Å². The molecule has 2 N–H and O–H groups in total. The molecule has 3 rings (SSSR count). The molecule has 1 heterocycles. The van der Waals surface area contributed by atoms with Gasteiger partial charge in [-0.15, -0.1) is 0 Å². The lowest BCUT2D eigenvalue weighted by molar-refractivity contribution is -0.128. The Labute approximate surface area is 186 Å². The van der Waals surface area contributed by atoms with Crippen molar-refractivity contribution in [1.82, 2.24) is 4.90 Å². The zero-order valence-corrected chi connectivity index (χ0v) is 17.9. The highest BCUT2D eigenvalue weighted by molar-refractivity contribution is 6.32. The number of halogens is 1. The van der Waals surface area contributed by atoms with Crippen molar-refractivity contribution in [2.24, 2.45) is 5.92 Å². The molecule has 8 heteroatoms. The van der Waals surface area contributed by atoms with Crippen molar-refractivity contribution in [1.29, 1.82) is 5.26 Å². The van der Waals surface area contributed by atoms with E-state index in [4.69, 9.17) is 16.9 Å². The first-order valence-corrected chi connectivity index (χ1v) is 10.5. The van der Waals surface area contributed by atoms with E-state index in [1.807, 2.05) is 6.07 Å². The molecular formula is C23H23ClN4O3. The van der Waals surface area contributed by atoms with Gasteiger partial charge in [0.15, 0.2) is 0 Å². The molecule has 0 saturated carbocycles. The smallest absolute Gasteiger partial charge is 0.255 e. The molecule has 31 heavy (non-hydrogen) atoms. The summed E-state index contributed by atoms with van der Waals surface area (Å²) in [5.74, 6) is -0.889. The Bertz CT molecular complexity index is 1030. The van der Waals surface area contributed by atoms with Gasteiger partial charge in [-0.25, -0.2) is 0 Å². The van der Waals surface area contributed by atoms with Crippen molar-refractivity contribution >= 4 is 40.7 Å². The highest BCUT2D eigenvalue weighted by Gasteiger charge is 2.33. The van der Waals surface area contributed by atoms with Gasteiger partial charge in [-0.05, 0) is 48.9 Å². The van der Waals surface area contributed by atoms with E-state index in [1.54, 1.807) is 35.2 Å². The van der Waals surface area contributed by atoms with Gasteiger partial charge < -0.3 is 15.5 Å². The lowest BCUT2D eigenvalue weighted by Gasteiger charge is -2.16. The number of nitriles is 1. The lowest BCUT2D eigenvalue weighted by Crippen LogP contribution is -2.29. The van der Waals surface area contributed by atoms with Crippen LogP contribution in [0.15, 0.2) is 42.5 Å². The fraction of sp³-hybridized carbons (Fsp3) is 0.304. The molecular weight excluding hydrogens is 416 g/mol. The second-order valence-electron chi connectivity index (χ2n) is 7.42. The molecule has 0 bridgehead atoms. The predicted octanol–water partition coefficient (Wildman–Crippen LogP) is 4.05. The van der Waals surface area contributed by atoms with Crippen molar-refractivity contribution in [2.75, 3.05) is 23.7 Å². The van der Waals surface area contributed by atoms with Crippen molar-refractivity contribution in [3.63, 3.8) is 0 Å². The molecule has 2 aromatic rings. The Morgan fingerprint density at radius 2 is 1.87 bits per heavy atom. The summed E-state index contributed by atoms with van der Waals surface area (Å²) in [5, 5.41) is 14.7. The van der Waals surface area contributed by atoms with Crippen LogP contribution in [0.5, 0.6) is 0 Å². The third-order valence-corrected chi connectivity index (χ3v) is 5.44. The number of carbonyl (C=O) groups excluding carboxylic acids is 3. The zero-order chi connectivity index (χ0) is 22.4.